The maximum atomic E-state index is 11.2. The molecular weight excluding hydrogens is 214 g/mol. The van der Waals surface area contributed by atoms with E-state index >= 15 is 0 Å². The highest BCUT2D eigenvalue weighted by Gasteiger charge is 2.25. The van der Waals surface area contributed by atoms with Crippen LogP contribution in [0, 0.1) is 6.92 Å². The average molecular weight is 235 g/mol. The van der Waals surface area contributed by atoms with Gasteiger partial charge in [0.2, 0.25) is 0 Å². The lowest BCUT2D eigenvalue weighted by Gasteiger charge is -2.33. The minimum Gasteiger partial charge on any atom is -0.465 e. The summed E-state index contributed by atoms with van der Waals surface area (Å²) in [7, 11) is 0. The Morgan fingerprint density at radius 1 is 1.29 bits per heavy atom. The predicted octanol–water partition coefficient (Wildman–Crippen LogP) is 3.32. The van der Waals surface area contributed by atoms with Crippen molar-refractivity contribution in [3.8, 4) is 0 Å². The molecule has 94 valence electrons. The molecule has 0 aliphatic heterocycles. The molecular formula is C14H21NO2. The lowest BCUT2D eigenvalue weighted by atomic mass is 10.0. The summed E-state index contributed by atoms with van der Waals surface area (Å²) < 4.78 is 0. The Morgan fingerprint density at radius 2 is 1.88 bits per heavy atom. The van der Waals surface area contributed by atoms with Crippen LogP contribution >= 0.6 is 0 Å². The molecule has 0 spiro atoms. The van der Waals surface area contributed by atoms with Crippen molar-refractivity contribution >= 4 is 6.09 Å². The third-order valence-corrected chi connectivity index (χ3v) is 2.91. The van der Waals surface area contributed by atoms with Crippen molar-refractivity contribution < 1.29 is 9.90 Å². The molecule has 0 radical (unpaired) electrons. The summed E-state index contributed by atoms with van der Waals surface area (Å²) >= 11 is 0. The molecule has 0 saturated heterocycles. The molecule has 1 N–H and O–H groups in total. The maximum absolute atomic E-state index is 11.2. The van der Waals surface area contributed by atoms with Crippen LogP contribution in [0.5, 0.6) is 0 Å². The van der Waals surface area contributed by atoms with Gasteiger partial charge in [0, 0.05) is 12.1 Å². The van der Waals surface area contributed by atoms with Crippen LogP contribution in [0.1, 0.15) is 31.9 Å². The van der Waals surface area contributed by atoms with Crippen LogP contribution in [-0.2, 0) is 6.42 Å². The van der Waals surface area contributed by atoms with E-state index < -0.39 is 6.09 Å². The molecule has 0 unspecified atom stereocenters. The van der Waals surface area contributed by atoms with Crippen molar-refractivity contribution in [2.75, 3.05) is 6.54 Å². The zero-order valence-electron chi connectivity index (χ0n) is 11.0. The SMILES string of the molecule is Cc1ccccc1CCN(C(=O)O)C(C)(C)C. The maximum Gasteiger partial charge on any atom is 0.407 e. The molecule has 1 amide bonds. The normalized spacial score (nSPS) is 11.3. The number of rotatable bonds is 3. The molecule has 0 aliphatic rings. The second kappa shape index (κ2) is 5.21. The van der Waals surface area contributed by atoms with Crippen LogP contribution in [0.15, 0.2) is 24.3 Å². The van der Waals surface area contributed by atoms with Crippen molar-refractivity contribution in [3.63, 3.8) is 0 Å². The second-order valence-corrected chi connectivity index (χ2v) is 5.28. The molecule has 3 heteroatoms. The van der Waals surface area contributed by atoms with Gasteiger partial charge in [-0.05, 0) is 45.2 Å². The van der Waals surface area contributed by atoms with Crippen LogP contribution in [0.2, 0.25) is 0 Å². The van der Waals surface area contributed by atoms with E-state index in [0.717, 1.165) is 6.42 Å². The lowest BCUT2D eigenvalue weighted by Crippen LogP contribution is -2.45. The van der Waals surface area contributed by atoms with Gasteiger partial charge in [-0.15, -0.1) is 0 Å². The number of carbonyl (C=O) groups is 1. The summed E-state index contributed by atoms with van der Waals surface area (Å²) in [6.45, 7) is 8.33. The topological polar surface area (TPSA) is 40.5 Å². The molecule has 1 rings (SSSR count). The van der Waals surface area contributed by atoms with E-state index in [-0.39, 0.29) is 5.54 Å². The zero-order valence-corrected chi connectivity index (χ0v) is 11.0. The fourth-order valence-corrected chi connectivity index (χ4v) is 1.84. The Morgan fingerprint density at radius 3 is 2.35 bits per heavy atom. The van der Waals surface area contributed by atoms with Crippen LogP contribution in [-0.4, -0.2) is 28.2 Å². The van der Waals surface area contributed by atoms with Gasteiger partial charge in [-0.1, -0.05) is 24.3 Å². The summed E-state index contributed by atoms with van der Waals surface area (Å²) in [5.74, 6) is 0. The Bertz CT molecular complexity index is 393. The largest absolute Gasteiger partial charge is 0.465 e. The van der Waals surface area contributed by atoms with Gasteiger partial charge in [-0.25, -0.2) is 4.79 Å². The Hall–Kier alpha value is -1.51. The highest BCUT2D eigenvalue weighted by molar-refractivity contribution is 5.66. The summed E-state index contributed by atoms with van der Waals surface area (Å²) in [5.41, 5.74) is 2.07. The summed E-state index contributed by atoms with van der Waals surface area (Å²) in [4.78, 5) is 12.7. The van der Waals surface area contributed by atoms with E-state index in [1.54, 1.807) is 0 Å². The number of hydrogen-bond donors (Lipinski definition) is 1. The summed E-state index contributed by atoms with van der Waals surface area (Å²) in [5, 5.41) is 9.18. The van der Waals surface area contributed by atoms with E-state index in [1.165, 1.54) is 16.0 Å². The van der Waals surface area contributed by atoms with E-state index in [0.29, 0.717) is 6.54 Å². The number of hydrogen-bond acceptors (Lipinski definition) is 1. The first-order valence-corrected chi connectivity index (χ1v) is 5.87. The van der Waals surface area contributed by atoms with Gasteiger partial charge < -0.3 is 10.0 Å². The molecule has 17 heavy (non-hydrogen) atoms. The van der Waals surface area contributed by atoms with Gasteiger partial charge in [0.1, 0.15) is 0 Å². The molecule has 3 nitrogen and oxygen atoms in total. The monoisotopic (exact) mass is 235 g/mol. The highest BCUT2D eigenvalue weighted by Crippen LogP contribution is 2.15. The van der Waals surface area contributed by atoms with Gasteiger partial charge in [0.25, 0.3) is 0 Å². The van der Waals surface area contributed by atoms with Gasteiger partial charge >= 0.3 is 6.09 Å². The number of aryl methyl sites for hydroxylation is 1. The van der Waals surface area contributed by atoms with Crippen LogP contribution in [0.4, 0.5) is 4.79 Å². The Kier molecular flexibility index (Phi) is 4.16. The minimum absolute atomic E-state index is 0.353. The second-order valence-electron chi connectivity index (χ2n) is 5.28. The molecule has 0 aliphatic carbocycles. The predicted molar refractivity (Wildman–Crippen MR) is 69.4 cm³/mol. The fraction of sp³-hybridized carbons (Fsp3) is 0.500. The third kappa shape index (κ3) is 3.77. The van der Waals surface area contributed by atoms with Crippen molar-refractivity contribution in [1.82, 2.24) is 4.90 Å². The fourth-order valence-electron chi connectivity index (χ4n) is 1.84. The number of benzene rings is 1. The Labute approximate surface area is 103 Å². The number of nitrogens with zero attached hydrogens (tertiary/aromatic N) is 1. The van der Waals surface area contributed by atoms with Crippen molar-refractivity contribution in [1.29, 1.82) is 0 Å². The van der Waals surface area contributed by atoms with E-state index in [9.17, 15) is 9.90 Å². The Balaban J connectivity index is 2.72. The first kappa shape index (κ1) is 13.6. The zero-order chi connectivity index (χ0) is 13.1. The van der Waals surface area contributed by atoms with Crippen LogP contribution in [0.3, 0.4) is 0 Å². The van der Waals surface area contributed by atoms with Crippen molar-refractivity contribution in [2.45, 2.75) is 39.7 Å². The average Bonchev–Trinajstić information content (AvgIpc) is 2.18. The van der Waals surface area contributed by atoms with Crippen molar-refractivity contribution in [2.24, 2.45) is 0 Å². The van der Waals surface area contributed by atoms with E-state index in [4.69, 9.17) is 0 Å². The van der Waals surface area contributed by atoms with E-state index in [2.05, 4.69) is 19.1 Å². The molecule has 1 aromatic rings. The molecule has 0 atom stereocenters. The number of carboxylic acid groups (broad SMARTS) is 1. The quantitative estimate of drug-likeness (QED) is 0.873. The molecule has 0 heterocycles. The van der Waals surface area contributed by atoms with Gasteiger partial charge in [0.15, 0.2) is 0 Å². The third-order valence-electron chi connectivity index (χ3n) is 2.91. The summed E-state index contributed by atoms with van der Waals surface area (Å²) in [6.07, 6.45) is -0.0953. The van der Waals surface area contributed by atoms with Gasteiger partial charge in [0.05, 0.1) is 0 Å². The highest BCUT2D eigenvalue weighted by atomic mass is 16.4. The van der Waals surface area contributed by atoms with Gasteiger partial charge in [-0.3, -0.25) is 0 Å². The van der Waals surface area contributed by atoms with Gasteiger partial charge in [-0.2, -0.15) is 0 Å². The van der Waals surface area contributed by atoms with Crippen LogP contribution < -0.4 is 0 Å². The summed E-state index contributed by atoms with van der Waals surface area (Å²) in [6, 6.07) is 8.09. The molecule has 1 aromatic carbocycles. The van der Waals surface area contributed by atoms with Crippen LogP contribution in [0.25, 0.3) is 0 Å². The van der Waals surface area contributed by atoms with Crippen molar-refractivity contribution in [3.05, 3.63) is 35.4 Å². The molecule has 0 saturated carbocycles. The smallest absolute Gasteiger partial charge is 0.407 e. The molecule has 0 aromatic heterocycles. The standard InChI is InChI=1S/C14H21NO2/c1-11-7-5-6-8-12(11)9-10-15(13(16)17)14(2,3)4/h5-8H,9-10H2,1-4H3,(H,16,17). The first-order valence-electron chi connectivity index (χ1n) is 5.87. The number of amides is 1. The molecule has 0 fully saturated rings. The molecule has 0 bridgehead atoms. The lowest BCUT2D eigenvalue weighted by molar-refractivity contribution is 0.101. The van der Waals surface area contributed by atoms with E-state index in [1.807, 2.05) is 32.9 Å². The minimum atomic E-state index is -0.855. The first-order chi connectivity index (χ1) is 7.82.